The number of nitrogens with zero attached hydrogens (tertiary/aromatic N) is 3. The second-order valence-electron chi connectivity index (χ2n) is 2.64. The molecule has 0 fully saturated rings. The van der Waals surface area contributed by atoms with Gasteiger partial charge in [0.2, 0.25) is 5.95 Å². The molecule has 5 nitrogen and oxygen atoms in total. The highest BCUT2D eigenvalue weighted by Crippen LogP contribution is 2.12. The van der Waals surface area contributed by atoms with Crippen LogP contribution in [0, 0.1) is 0 Å². The van der Waals surface area contributed by atoms with Crippen molar-refractivity contribution in [1.29, 1.82) is 0 Å². The first-order valence-corrected chi connectivity index (χ1v) is 4.42. The van der Waals surface area contributed by atoms with Crippen LogP contribution in [0.3, 0.4) is 0 Å². The van der Waals surface area contributed by atoms with Crippen molar-refractivity contribution < 1.29 is 0 Å². The van der Waals surface area contributed by atoms with Crippen molar-refractivity contribution in [3.05, 3.63) is 35.4 Å². The van der Waals surface area contributed by atoms with Crippen molar-refractivity contribution in [2.45, 2.75) is 6.54 Å². The zero-order chi connectivity index (χ0) is 9.80. The van der Waals surface area contributed by atoms with Crippen LogP contribution < -0.4 is 5.32 Å². The van der Waals surface area contributed by atoms with E-state index in [0.717, 1.165) is 5.56 Å². The van der Waals surface area contributed by atoms with Crippen molar-refractivity contribution >= 4 is 17.5 Å². The lowest BCUT2D eigenvalue weighted by Gasteiger charge is -2.03. The van der Waals surface area contributed by atoms with Crippen molar-refractivity contribution in [1.82, 2.24) is 20.2 Å². The Morgan fingerprint density at radius 3 is 3.07 bits per heavy atom. The van der Waals surface area contributed by atoms with Crippen LogP contribution in [-0.2, 0) is 6.54 Å². The Balaban J connectivity index is 2.02. The monoisotopic (exact) mass is 209 g/mol. The number of hydrogen-bond donors (Lipinski definition) is 2. The number of halogens is 1. The summed E-state index contributed by atoms with van der Waals surface area (Å²) in [7, 11) is 0. The molecule has 72 valence electrons. The van der Waals surface area contributed by atoms with Crippen LogP contribution >= 0.6 is 11.6 Å². The first-order chi connectivity index (χ1) is 6.86. The molecule has 0 aliphatic rings. The zero-order valence-corrected chi connectivity index (χ0v) is 7.99. The number of anilines is 1. The van der Waals surface area contributed by atoms with Gasteiger partial charge >= 0.3 is 0 Å². The van der Waals surface area contributed by atoms with E-state index in [2.05, 4.69) is 25.5 Å². The van der Waals surface area contributed by atoms with Crippen LogP contribution in [0.5, 0.6) is 0 Å². The van der Waals surface area contributed by atoms with E-state index in [9.17, 15) is 0 Å². The molecule has 0 bridgehead atoms. The fourth-order valence-corrected chi connectivity index (χ4v) is 1.21. The predicted octanol–water partition coefficient (Wildman–Crippen LogP) is 1.47. The number of aromatic amines is 1. The maximum atomic E-state index is 5.87. The fraction of sp³-hybridized carbons (Fsp3) is 0.125. The summed E-state index contributed by atoms with van der Waals surface area (Å²) in [5, 5.41) is 9.93. The lowest BCUT2D eigenvalue weighted by Crippen LogP contribution is -2.02. The molecule has 0 saturated heterocycles. The first kappa shape index (κ1) is 8.96. The van der Waals surface area contributed by atoms with Gasteiger partial charge < -0.3 is 5.32 Å². The molecule has 14 heavy (non-hydrogen) atoms. The molecule has 0 spiro atoms. The van der Waals surface area contributed by atoms with E-state index in [1.165, 1.54) is 6.33 Å². The summed E-state index contributed by atoms with van der Waals surface area (Å²) in [4.78, 5) is 7.88. The highest BCUT2D eigenvalue weighted by molar-refractivity contribution is 6.30. The normalized spacial score (nSPS) is 10.1. The Kier molecular flexibility index (Phi) is 2.60. The molecular formula is C8H8ClN5. The van der Waals surface area contributed by atoms with Gasteiger partial charge in [-0.3, -0.25) is 0 Å². The molecule has 0 amide bonds. The summed E-state index contributed by atoms with van der Waals surface area (Å²) in [6.45, 7) is 0.571. The van der Waals surface area contributed by atoms with Crippen molar-refractivity contribution in [3.63, 3.8) is 0 Å². The molecule has 2 rings (SSSR count). The number of hydrogen-bond acceptors (Lipinski definition) is 4. The molecule has 0 aliphatic carbocycles. The maximum absolute atomic E-state index is 5.87. The third kappa shape index (κ3) is 2.00. The Morgan fingerprint density at radius 2 is 2.36 bits per heavy atom. The molecule has 2 heterocycles. The van der Waals surface area contributed by atoms with E-state index >= 15 is 0 Å². The minimum atomic E-state index is 0.500. The minimum absolute atomic E-state index is 0.500. The van der Waals surface area contributed by atoms with Gasteiger partial charge in [0.25, 0.3) is 0 Å². The van der Waals surface area contributed by atoms with Gasteiger partial charge in [0.15, 0.2) is 0 Å². The van der Waals surface area contributed by atoms with Gasteiger partial charge in [-0.25, -0.2) is 15.1 Å². The first-order valence-electron chi connectivity index (χ1n) is 4.05. The van der Waals surface area contributed by atoms with Gasteiger partial charge in [-0.1, -0.05) is 17.7 Å². The topological polar surface area (TPSA) is 66.5 Å². The van der Waals surface area contributed by atoms with Crippen LogP contribution in [0.25, 0.3) is 0 Å². The van der Waals surface area contributed by atoms with E-state index < -0.39 is 0 Å². The molecule has 0 aromatic carbocycles. The van der Waals surface area contributed by atoms with Crippen LogP contribution in [0.15, 0.2) is 24.7 Å². The van der Waals surface area contributed by atoms with Gasteiger partial charge in [-0.05, 0) is 6.07 Å². The van der Waals surface area contributed by atoms with E-state index in [4.69, 9.17) is 11.6 Å². The summed E-state index contributed by atoms with van der Waals surface area (Å²) >= 11 is 5.87. The standard InChI is InChI=1S/C8H8ClN5/c9-7-6(2-1-3-10-7)4-11-8-12-5-13-14-8/h1-3,5H,4H2,(H2,11,12,13,14). The van der Waals surface area contributed by atoms with Gasteiger partial charge in [-0.15, -0.1) is 0 Å². The number of nitrogens with one attached hydrogen (secondary N) is 2. The largest absolute Gasteiger partial charge is 0.350 e. The van der Waals surface area contributed by atoms with Crippen molar-refractivity contribution in [2.24, 2.45) is 0 Å². The number of pyridine rings is 1. The van der Waals surface area contributed by atoms with Gasteiger partial charge in [0.05, 0.1) is 0 Å². The molecule has 2 aromatic rings. The van der Waals surface area contributed by atoms with E-state index in [0.29, 0.717) is 17.6 Å². The van der Waals surface area contributed by atoms with E-state index in [1.807, 2.05) is 12.1 Å². The lowest BCUT2D eigenvalue weighted by molar-refractivity contribution is 1.04. The van der Waals surface area contributed by atoms with E-state index in [1.54, 1.807) is 6.20 Å². The Bertz CT molecular complexity index is 400. The average molecular weight is 210 g/mol. The van der Waals surface area contributed by atoms with Gasteiger partial charge in [-0.2, -0.15) is 5.10 Å². The molecule has 0 radical (unpaired) electrons. The molecule has 0 aliphatic heterocycles. The third-order valence-electron chi connectivity index (χ3n) is 1.70. The third-order valence-corrected chi connectivity index (χ3v) is 2.04. The summed E-state index contributed by atoms with van der Waals surface area (Å²) < 4.78 is 0. The van der Waals surface area contributed by atoms with Gasteiger partial charge in [0.1, 0.15) is 11.5 Å². The molecule has 6 heteroatoms. The molecule has 0 atom stereocenters. The zero-order valence-electron chi connectivity index (χ0n) is 7.24. The van der Waals surface area contributed by atoms with Crippen LogP contribution in [0.2, 0.25) is 5.15 Å². The number of aromatic nitrogens is 4. The quantitative estimate of drug-likeness (QED) is 0.752. The van der Waals surface area contributed by atoms with Crippen LogP contribution in [-0.4, -0.2) is 20.2 Å². The SMILES string of the molecule is Clc1ncccc1CNc1ncn[nH]1. The summed E-state index contributed by atoms with van der Waals surface area (Å²) in [6, 6.07) is 3.74. The second-order valence-corrected chi connectivity index (χ2v) is 3.00. The molecule has 0 unspecified atom stereocenters. The van der Waals surface area contributed by atoms with Crippen LogP contribution in [0.4, 0.5) is 5.95 Å². The molecule has 2 aromatic heterocycles. The maximum Gasteiger partial charge on any atom is 0.218 e. The van der Waals surface area contributed by atoms with Gasteiger partial charge in [0, 0.05) is 18.3 Å². The number of H-pyrrole nitrogens is 1. The van der Waals surface area contributed by atoms with Crippen molar-refractivity contribution in [3.8, 4) is 0 Å². The summed E-state index contributed by atoms with van der Waals surface area (Å²) in [5.74, 6) is 0.616. The Hall–Kier alpha value is -1.62. The van der Waals surface area contributed by atoms with Crippen molar-refractivity contribution in [2.75, 3.05) is 5.32 Å². The summed E-state index contributed by atoms with van der Waals surface area (Å²) in [6.07, 6.45) is 3.09. The Labute approximate surface area is 85.5 Å². The average Bonchev–Trinajstić information content (AvgIpc) is 2.69. The lowest BCUT2D eigenvalue weighted by atomic mass is 10.3. The highest BCUT2D eigenvalue weighted by atomic mass is 35.5. The van der Waals surface area contributed by atoms with Crippen LogP contribution in [0.1, 0.15) is 5.56 Å². The molecule has 2 N–H and O–H groups in total. The second kappa shape index (κ2) is 4.06. The van der Waals surface area contributed by atoms with E-state index in [-0.39, 0.29) is 0 Å². The minimum Gasteiger partial charge on any atom is -0.350 e. The predicted molar refractivity (Wildman–Crippen MR) is 53.0 cm³/mol. The highest BCUT2D eigenvalue weighted by Gasteiger charge is 2.00. The Morgan fingerprint density at radius 1 is 1.43 bits per heavy atom. The molecular weight excluding hydrogens is 202 g/mol. The smallest absolute Gasteiger partial charge is 0.218 e. The fourth-order valence-electron chi connectivity index (χ4n) is 1.02. The summed E-state index contributed by atoms with van der Waals surface area (Å²) in [5.41, 5.74) is 0.922. The number of rotatable bonds is 3. The molecule has 0 saturated carbocycles.